The summed E-state index contributed by atoms with van der Waals surface area (Å²) in [6, 6.07) is 12.2. The molecule has 1 amide bonds. The van der Waals surface area contributed by atoms with Gasteiger partial charge in [-0.05, 0) is 61.6 Å². The van der Waals surface area contributed by atoms with Gasteiger partial charge in [0.05, 0.1) is 10.6 Å². The number of sulfonamides is 1. The molecular weight excluding hydrogens is 406 g/mol. The number of rotatable bonds is 7. The lowest BCUT2D eigenvalue weighted by molar-refractivity contribution is -0.118. The van der Waals surface area contributed by atoms with Crippen molar-refractivity contribution in [1.82, 2.24) is 0 Å². The lowest BCUT2D eigenvalue weighted by atomic mass is 10.2. The van der Waals surface area contributed by atoms with E-state index in [4.69, 9.17) is 0 Å². The SMILES string of the molecule is CSc1ccc(S(=O)(=O)Nc2ccc(N3CCCC3)cc2)cc1NC(=O)C(C)C. The third-order valence-electron chi connectivity index (χ3n) is 4.85. The van der Waals surface area contributed by atoms with Crippen molar-refractivity contribution in [2.75, 3.05) is 34.3 Å². The summed E-state index contributed by atoms with van der Waals surface area (Å²) in [7, 11) is -3.77. The average molecular weight is 434 g/mol. The standard InChI is InChI=1S/C21H27N3O3S2/c1-15(2)21(25)22-19-14-18(10-11-20(19)28-3)29(26,27)23-16-6-8-17(9-7-16)24-12-4-5-13-24/h6-11,14-15,23H,4-5,12-13H2,1-3H3,(H,22,25). The minimum atomic E-state index is -3.77. The van der Waals surface area contributed by atoms with Crippen LogP contribution in [-0.4, -0.2) is 33.7 Å². The molecule has 1 heterocycles. The number of hydrogen-bond donors (Lipinski definition) is 2. The average Bonchev–Trinajstić information content (AvgIpc) is 3.23. The molecule has 0 spiro atoms. The van der Waals surface area contributed by atoms with Crippen LogP contribution in [0, 0.1) is 5.92 Å². The van der Waals surface area contributed by atoms with E-state index in [1.165, 1.54) is 30.7 Å². The zero-order valence-corrected chi connectivity index (χ0v) is 18.6. The number of anilines is 3. The monoisotopic (exact) mass is 433 g/mol. The van der Waals surface area contributed by atoms with Crippen LogP contribution < -0.4 is 14.9 Å². The summed E-state index contributed by atoms with van der Waals surface area (Å²) < 4.78 is 28.4. The van der Waals surface area contributed by atoms with E-state index in [0.717, 1.165) is 23.7 Å². The number of nitrogens with one attached hydrogen (secondary N) is 2. The molecule has 0 saturated carbocycles. The van der Waals surface area contributed by atoms with Gasteiger partial charge in [0.1, 0.15) is 0 Å². The quantitative estimate of drug-likeness (QED) is 0.633. The zero-order chi connectivity index (χ0) is 21.0. The van der Waals surface area contributed by atoms with Gasteiger partial charge >= 0.3 is 0 Å². The molecule has 2 aromatic carbocycles. The van der Waals surface area contributed by atoms with Crippen LogP contribution in [0.4, 0.5) is 17.1 Å². The highest BCUT2D eigenvalue weighted by Gasteiger charge is 2.19. The summed E-state index contributed by atoms with van der Waals surface area (Å²) in [5.41, 5.74) is 2.12. The largest absolute Gasteiger partial charge is 0.372 e. The van der Waals surface area contributed by atoms with E-state index in [2.05, 4.69) is 14.9 Å². The van der Waals surface area contributed by atoms with Crippen LogP contribution in [0.3, 0.4) is 0 Å². The molecule has 1 aliphatic rings. The Labute approximate surface area is 177 Å². The molecule has 0 radical (unpaired) electrons. The first-order chi connectivity index (χ1) is 13.8. The molecule has 29 heavy (non-hydrogen) atoms. The van der Waals surface area contributed by atoms with Crippen molar-refractivity contribution in [2.24, 2.45) is 5.92 Å². The molecule has 8 heteroatoms. The number of carbonyl (C=O) groups excluding carboxylic acids is 1. The fraction of sp³-hybridized carbons (Fsp3) is 0.381. The van der Waals surface area contributed by atoms with E-state index in [0.29, 0.717) is 11.4 Å². The molecule has 1 fully saturated rings. The molecule has 156 valence electrons. The van der Waals surface area contributed by atoms with Gasteiger partial charge in [-0.3, -0.25) is 9.52 Å². The third kappa shape index (κ3) is 5.25. The minimum Gasteiger partial charge on any atom is -0.372 e. The zero-order valence-electron chi connectivity index (χ0n) is 16.9. The Bertz CT molecular complexity index is 967. The van der Waals surface area contributed by atoms with E-state index < -0.39 is 10.0 Å². The van der Waals surface area contributed by atoms with E-state index in [-0.39, 0.29) is 16.7 Å². The van der Waals surface area contributed by atoms with Gasteiger partial charge < -0.3 is 10.2 Å². The summed E-state index contributed by atoms with van der Waals surface area (Å²) in [5.74, 6) is -0.350. The Morgan fingerprint density at radius 2 is 1.72 bits per heavy atom. The van der Waals surface area contributed by atoms with Crippen LogP contribution in [0.25, 0.3) is 0 Å². The maximum atomic E-state index is 12.9. The number of benzene rings is 2. The van der Waals surface area contributed by atoms with Gasteiger partial charge in [-0.1, -0.05) is 13.8 Å². The van der Waals surface area contributed by atoms with E-state index in [1.807, 2.05) is 18.4 Å². The number of amides is 1. The summed E-state index contributed by atoms with van der Waals surface area (Å²) in [6.45, 7) is 5.67. The number of hydrogen-bond acceptors (Lipinski definition) is 5. The molecule has 1 saturated heterocycles. The van der Waals surface area contributed by atoms with Crippen molar-refractivity contribution >= 4 is 44.8 Å². The number of nitrogens with zero attached hydrogens (tertiary/aromatic N) is 1. The second-order valence-electron chi connectivity index (χ2n) is 7.35. The second-order valence-corrected chi connectivity index (χ2v) is 9.88. The Hall–Kier alpha value is -2.19. The molecule has 6 nitrogen and oxygen atoms in total. The molecular formula is C21H27N3O3S2. The van der Waals surface area contributed by atoms with Crippen molar-refractivity contribution in [3.05, 3.63) is 42.5 Å². The van der Waals surface area contributed by atoms with Crippen molar-refractivity contribution in [2.45, 2.75) is 36.5 Å². The van der Waals surface area contributed by atoms with Crippen molar-refractivity contribution in [3.8, 4) is 0 Å². The maximum Gasteiger partial charge on any atom is 0.261 e. The molecule has 0 atom stereocenters. The van der Waals surface area contributed by atoms with Gasteiger partial charge in [0, 0.05) is 35.3 Å². The molecule has 0 aromatic heterocycles. The third-order valence-corrected chi connectivity index (χ3v) is 7.03. The van der Waals surface area contributed by atoms with Crippen LogP contribution in [-0.2, 0) is 14.8 Å². The van der Waals surface area contributed by atoms with Crippen molar-refractivity contribution in [1.29, 1.82) is 0 Å². The molecule has 0 bridgehead atoms. The maximum absolute atomic E-state index is 12.9. The van der Waals surface area contributed by atoms with Crippen LogP contribution >= 0.6 is 11.8 Å². The predicted molar refractivity (Wildman–Crippen MR) is 120 cm³/mol. The first-order valence-corrected chi connectivity index (χ1v) is 12.4. The summed E-state index contributed by atoms with van der Waals surface area (Å²) in [4.78, 5) is 15.3. The van der Waals surface area contributed by atoms with Gasteiger partial charge in [-0.2, -0.15) is 0 Å². The lowest BCUT2D eigenvalue weighted by Gasteiger charge is -2.18. The minimum absolute atomic E-state index is 0.109. The molecule has 0 unspecified atom stereocenters. The van der Waals surface area contributed by atoms with Gasteiger partial charge in [0.15, 0.2) is 0 Å². The highest BCUT2D eigenvalue weighted by Crippen LogP contribution is 2.30. The van der Waals surface area contributed by atoms with E-state index >= 15 is 0 Å². The van der Waals surface area contributed by atoms with E-state index in [1.54, 1.807) is 38.1 Å². The van der Waals surface area contributed by atoms with Crippen LogP contribution in [0.15, 0.2) is 52.3 Å². The normalized spacial score (nSPS) is 14.3. The second kappa shape index (κ2) is 9.09. The van der Waals surface area contributed by atoms with Crippen LogP contribution in [0.2, 0.25) is 0 Å². The van der Waals surface area contributed by atoms with Gasteiger partial charge in [-0.15, -0.1) is 11.8 Å². The Morgan fingerprint density at radius 1 is 1.07 bits per heavy atom. The highest BCUT2D eigenvalue weighted by molar-refractivity contribution is 7.98. The molecule has 0 aliphatic carbocycles. The molecule has 3 rings (SSSR count). The van der Waals surface area contributed by atoms with Crippen molar-refractivity contribution < 1.29 is 13.2 Å². The van der Waals surface area contributed by atoms with E-state index in [9.17, 15) is 13.2 Å². The summed E-state index contributed by atoms with van der Waals surface area (Å²) in [5, 5.41) is 2.82. The molecule has 2 aromatic rings. The lowest BCUT2D eigenvalue weighted by Crippen LogP contribution is -2.19. The number of carbonyl (C=O) groups is 1. The Morgan fingerprint density at radius 3 is 2.31 bits per heavy atom. The Kier molecular flexibility index (Phi) is 6.74. The fourth-order valence-corrected chi connectivity index (χ4v) is 4.78. The van der Waals surface area contributed by atoms with Gasteiger partial charge in [0.2, 0.25) is 5.91 Å². The fourth-order valence-electron chi connectivity index (χ4n) is 3.16. The molecule has 1 aliphatic heterocycles. The van der Waals surface area contributed by atoms with Gasteiger partial charge in [-0.25, -0.2) is 8.42 Å². The summed E-state index contributed by atoms with van der Waals surface area (Å²) >= 11 is 1.45. The topological polar surface area (TPSA) is 78.5 Å². The number of thioether (sulfide) groups is 1. The first-order valence-electron chi connectivity index (χ1n) is 9.67. The predicted octanol–water partition coefficient (Wildman–Crippen LogP) is 4.40. The Balaban J connectivity index is 1.80. The van der Waals surface area contributed by atoms with Crippen LogP contribution in [0.1, 0.15) is 26.7 Å². The van der Waals surface area contributed by atoms with Crippen molar-refractivity contribution in [3.63, 3.8) is 0 Å². The van der Waals surface area contributed by atoms with Crippen LogP contribution in [0.5, 0.6) is 0 Å². The van der Waals surface area contributed by atoms with Gasteiger partial charge in [0.25, 0.3) is 10.0 Å². The summed E-state index contributed by atoms with van der Waals surface area (Å²) in [6.07, 6.45) is 4.26. The molecule has 2 N–H and O–H groups in total. The highest BCUT2D eigenvalue weighted by atomic mass is 32.2. The first kappa shape index (κ1) is 21.5. The smallest absolute Gasteiger partial charge is 0.261 e.